The quantitative estimate of drug-likeness (QED) is 0.592. The number of hydrogen-bond acceptors (Lipinski definition) is 7. The molecular formula is C21H18ClFN4O4. The van der Waals surface area contributed by atoms with Gasteiger partial charge in [-0.15, -0.1) is 0 Å². The smallest absolute Gasteiger partial charge is 0.281 e. The van der Waals surface area contributed by atoms with Crippen LogP contribution >= 0.6 is 11.6 Å². The third kappa shape index (κ3) is 3.97. The highest BCUT2D eigenvalue weighted by Crippen LogP contribution is 2.36. The van der Waals surface area contributed by atoms with Crippen molar-refractivity contribution in [3.8, 4) is 17.4 Å². The highest BCUT2D eigenvalue weighted by Gasteiger charge is 2.31. The van der Waals surface area contributed by atoms with Crippen LogP contribution in [0.1, 0.15) is 21.5 Å². The summed E-state index contributed by atoms with van der Waals surface area (Å²) in [5.41, 5.74) is 1.91. The lowest BCUT2D eigenvalue weighted by atomic mass is 10.1. The summed E-state index contributed by atoms with van der Waals surface area (Å²) in [4.78, 5) is 26.0. The number of carbonyl (C=O) groups is 1. The van der Waals surface area contributed by atoms with Gasteiger partial charge in [0.25, 0.3) is 5.91 Å². The Bertz CT molecular complexity index is 1170. The summed E-state index contributed by atoms with van der Waals surface area (Å²) < 4.78 is 25.2. The van der Waals surface area contributed by atoms with E-state index in [1.165, 1.54) is 31.5 Å². The Balaban J connectivity index is 1.65. The first-order chi connectivity index (χ1) is 14.9. The maximum Gasteiger partial charge on any atom is 0.281 e. The third-order valence-electron chi connectivity index (χ3n) is 4.73. The lowest BCUT2D eigenvalue weighted by Gasteiger charge is -2.14. The fourth-order valence-electron chi connectivity index (χ4n) is 3.16. The van der Waals surface area contributed by atoms with Crippen molar-refractivity contribution >= 4 is 29.1 Å². The molecule has 2 aromatic carbocycles. The Morgan fingerprint density at radius 2 is 2.03 bits per heavy atom. The largest absolute Gasteiger partial charge is 0.495 e. The van der Waals surface area contributed by atoms with Crippen LogP contribution in [0.5, 0.6) is 17.4 Å². The Morgan fingerprint density at radius 1 is 1.23 bits per heavy atom. The van der Waals surface area contributed by atoms with E-state index in [9.17, 15) is 9.18 Å². The number of halogens is 2. The number of nitrogens with one attached hydrogen (secondary N) is 1. The van der Waals surface area contributed by atoms with Gasteiger partial charge in [0.1, 0.15) is 22.3 Å². The van der Waals surface area contributed by atoms with E-state index in [2.05, 4.69) is 15.3 Å². The summed E-state index contributed by atoms with van der Waals surface area (Å²) in [5.74, 6) is 0.117. The zero-order valence-corrected chi connectivity index (χ0v) is 17.7. The molecule has 31 heavy (non-hydrogen) atoms. The molecule has 10 heteroatoms. The van der Waals surface area contributed by atoms with Crippen molar-refractivity contribution in [2.24, 2.45) is 0 Å². The number of nitrogens with zero attached hydrogens (tertiary/aromatic N) is 3. The second-order valence-electron chi connectivity index (χ2n) is 6.69. The number of aryl methyl sites for hydroxylation is 1. The minimum Gasteiger partial charge on any atom is -0.495 e. The van der Waals surface area contributed by atoms with Gasteiger partial charge in [-0.3, -0.25) is 9.63 Å². The molecule has 2 heterocycles. The zero-order valence-electron chi connectivity index (χ0n) is 16.9. The highest BCUT2D eigenvalue weighted by atomic mass is 35.5. The van der Waals surface area contributed by atoms with Gasteiger partial charge >= 0.3 is 0 Å². The number of fused-ring (bicyclic) bond motifs is 1. The van der Waals surface area contributed by atoms with Gasteiger partial charge in [-0.2, -0.15) is 4.98 Å². The van der Waals surface area contributed by atoms with Crippen molar-refractivity contribution in [2.45, 2.75) is 13.5 Å². The normalized spacial score (nSPS) is 12.7. The minimum atomic E-state index is -0.408. The molecule has 3 aromatic rings. The number of ether oxygens (including phenoxy) is 2. The second-order valence-corrected chi connectivity index (χ2v) is 7.10. The van der Waals surface area contributed by atoms with E-state index in [-0.39, 0.29) is 28.5 Å². The number of rotatable bonds is 6. The van der Waals surface area contributed by atoms with Gasteiger partial charge in [-0.05, 0) is 30.2 Å². The maximum atomic E-state index is 14.0. The van der Waals surface area contributed by atoms with Gasteiger partial charge < -0.3 is 14.8 Å². The fourth-order valence-corrected chi connectivity index (χ4v) is 3.29. The van der Waals surface area contributed by atoms with Crippen LogP contribution in [0.4, 0.5) is 16.0 Å². The predicted molar refractivity (Wildman–Crippen MR) is 111 cm³/mol. The first-order valence-electron chi connectivity index (χ1n) is 9.20. The van der Waals surface area contributed by atoms with Crippen LogP contribution in [0.3, 0.4) is 0 Å². The van der Waals surface area contributed by atoms with E-state index >= 15 is 0 Å². The van der Waals surface area contributed by atoms with Crippen LogP contribution in [-0.2, 0) is 11.4 Å². The van der Waals surface area contributed by atoms with Gasteiger partial charge in [-0.1, -0.05) is 23.7 Å². The summed E-state index contributed by atoms with van der Waals surface area (Å²) in [6, 6.07) is 8.06. The average molecular weight is 445 g/mol. The van der Waals surface area contributed by atoms with Crippen molar-refractivity contribution in [2.75, 3.05) is 19.5 Å². The van der Waals surface area contributed by atoms with Gasteiger partial charge in [0, 0.05) is 6.07 Å². The number of methoxy groups -OCH3 is 1. The fraction of sp³-hybridized carbons (Fsp3) is 0.190. The molecule has 0 radical (unpaired) electrons. The number of amides is 1. The van der Waals surface area contributed by atoms with Gasteiger partial charge in [0.2, 0.25) is 11.8 Å². The van der Waals surface area contributed by atoms with Crippen LogP contribution in [0.2, 0.25) is 5.02 Å². The van der Waals surface area contributed by atoms with Crippen molar-refractivity contribution in [1.29, 1.82) is 0 Å². The molecule has 0 fully saturated rings. The van der Waals surface area contributed by atoms with E-state index in [4.69, 9.17) is 25.9 Å². The van der Waals surface area contributed by atoms with Crippen LogP contribution in [-0.4, -0.2) is 35.2 Å². The lowest BCUT2D eigenvalue weighted by Crippen LogP contribution is -2.22. The van der Waals surface area contributed by atoms with Crippen molar-refractivity contribution in [3.63, 3.8) is 0 Å². The highest BCUT2D eigenvalue weighted by molar-refractivity contribution is 6.31. The molecule has 1 aromatic heterocycles. The summed E-state index contributed by atoms with van der Waals surface area (Å²) in [5, 5.41) is 4.27. The molecule has 0 saturated carbocycles. The topological polar surface area (TPSA) is 85.8 Å². The minimum absolute atomic E-state index is 0.0304. The number of carbonyl (C=O) groups excluding carboxylic acids is 1. The van der Waals surface area contributed by atoms with Crippen molar-refractivity contribution < 1.29 is 23.5 Å². The molecule has 1 aliphatic heterocycles. The van der Waals surface area contributed by atoms with E-state index in [0.717, 1.165) is 5.56 Å². The van der Waals surface area contributed by atoms with Gasteiger partial charge in [-0.25, -0.2) is 14.4 Å². The van der Waals surface area contributed by atoms with Crippen LogP contribution in [0.15, 0.2) is 36.5 Å². The van der Waals surface area contributed by atoms with E-state index in [0.29, 0.717) is 29.1 Å². The molecule has 0 unspecified atom stereocenters. The third-order valence-corrected chi connectivity index (χ3v) is 4.99. The monoisotopic (exact) mass is 444 g/mol. The number of hydrogen-bond donors (Lipinski definition) is 1. The molecule has 0 atom stereocenters. The van der Waals surface area contributed by atoms with E-state index in [1.54, 1.807) is 25.1 Å². The Kier molecular flexibility index (Phi) is 5.62. The molecule has 0 bridgehead atoms. The van der Waals surface area contributed by atoms with E-state index < -0.39 is 5.82 Å². The van der Waals surface area contributed by atoms with Gasteiger partial charge in [0.15, 0.2) is 0 Å². The summed E-state index contributed by atoms with van der Waals surface area (Å²) >= 11 is 6.21. The molecule has 1 amide bonds. The van der Waals surface area contributed by atoms with Crippen LogP contribution in [0, 0.1) is 12.7 Å². The van der Waals surface area contributed by atoms with Gasteiger partial charge in [0.05, 0.1) is 38.2 Å². The Labute approximate surface area is 182 Å². The summed E-state index contributed by atoms with van der Waals surface area (Å²) in [6.07, 6.45) is 1.34. The van der Waals surface area contributed by atoms with E-state index in [1.807, 2.05) is 6.07 Å². The second kappa shape index (κ2) is 8.37. The average Bonchev–Trinajstić information content (AvgIpc) is 3.09. The number of benzene rings is 2. The SMILES string of the molecule is COc1cc(C)c(F)cc1Nc1ncc(Cl)c(Oc2cccc3c2C(=O)N(OC)C3)n1. The summed E-state index contributed by atoms with van der Waals surface area (Å²) in [6.45, 7) is 1.95. The zero-order chi connectivity index (χ0) is 22.1. The molecule has 4 rings (SSSR count). The maximum absolute atomic E-state index is 14.0. The van der Waals surface area contributed by atoms with Crippen LogP contribution in [0.25, 0.3) is 0 Å². The molecule has 1 aliphatic rings. The number of aromatic nitrogens is 2. The number of hydroxylamine groups is 2. The standard InChI is InChI=1S/C21H18ClFN4O4/c1-11-7-17(29-2)15(8-14(11)23)25-21-24-9-13(22)19(26-21)31-16-6-4-5-12-10-27(30-3)20(28)18(12)16/h4-9H,10H2,1-3H3,(H,24,25,26). The Hall–Kier alpha value is -3.43. The molecule has 0 aliphatic carbocycles. The molecular weight excluding hydrogens is 427 g/mol. The molecule has 0 saturated heterocycles. The van der Waals surface area contributed by atoms with Crippen molar-refractivity contribution in [3.05, 3.63) is 64.1 Å². The first-order valence-corrected chi connectivity index (χ1v) is 9.58. The first kappa shape index (κ1) is 20.8. The van der Waals surface area contributed by atoms with Crippen molar-refractivity contribution in [1.82, 2.24) is 15.0 Å². The summed E-state index contributed by atoms with van der Waals surface area (Å²) in [7, 11) is 2.90. The predicted octanol–water partition coefficient (Wildman–Crippen LogP) is 4.64. The molecule has 8 nitrogen and oxygen atoms in total. The molecule has 0 spiro atoms. The lowest BCUT2D eigenvalue weighted by molar-refractivity contribution is -0.0957. The molecule has 1 N–H and O–H groups in total. The van der Waals surface area contributed by atoms with Crippen LogP contribution < -0.4 is 14.8 Å². The number of anilines is 2. The molecule has 160 valence electrons. The Morgan fingerprint density at radius 3 is 2.77 bits per heavy atom.